The van der Waals surface area contributed by atoms with Gasteiger partial charge in [0, 0.05) is 13.0 Å². The number of hydrogen-bond acceptors (Lipinski definition) is 3. The van der Waals surface area contributed by atoms with Crippen LogP contribution in [-0.2, 0) is 14.0 Å². The van der Waals surface area contributed by atoms with Crippen molar-refractivity contribution < 1.29 is 14.0 Å². The van der Waals surface area contributed by atoms with Crippen LogP contribution in [0.3, 0.4) is 0 Å². The lowest BCUT2D eigenvalue weighted by Gasteiger charge is -2.38. The predicted molar refractivity (Wildman–Crippen MR) is 133 cm³/mol. The number of benzene rings is 1. The molecule has 0 N–H and O–H groups in total. The van der Waals surface area contributed by atoms with E-state index < -0.39 is 16.4 Å². The van der Waals surface area contributed by atoms with E-state index in [-0.39, 0.29) is 23.1 Å². The molecule has 1 aromatic rings. The normalized spacial score (nSPS) is 21.8. The fraction of sp³-hybridized carbons (Fsp3) is 0.560. The van der Waals surface area contributed by atoms with Gasteiger partial charge in [0.15, 0.2) is 8.32 Å². The zero-order chi connectivity index (χ0) is 23.0. The van der Waals surface area contributed by atoms with Gasteiger partial charge in [0.2, 0.25) is 0 Å². The number of carbonyl (C=O) groups is 1. The summed E-state index contributed by atoms with van der Waals surface area (Å²) in [6, 6.07) is 9.79. The molecule has 1 amide bonds. The zero-order valence-corrected chi connectivity index (χ0v) is 22.3. The van der Waals surface area contributed by atoms with E-state index in [0.717, 1.165) is 17.7 Å². The standard InChI is InChI=1S/C25H37NO3Si2/c1-25(2,3)31(7,8)29-20-17-21-23(28-15-12-16-30(4,5)6)22(24(27)26(21)18-20)19-13-10-9-11-14-19/h9-11,13-14,20-21H,15,17-18H2,1-8H3. The number of hydrogen-bond donors (Lipinski definition) is 0. The quantitative estimate of drug-likeness (QED) is 0.447. The van der Waals surface area contributed by atoms with E-state index in [1.165, 1.54) is 0 Å². The van der Waals surface area contributed by atoms with Gasteiger partial charge in [0.25, 0.3) is 5.91 Å². The Morgan fingerprint density at radius 1 is 1.10 bits per heavy atom. The first-order valence-electron chi connectivity index (χ1n) is 11.2. The Hall–Kier alpha value is -1.82. The van der Waals surface area contributed by atoms with Crippen molar-refractivity contribution in [2.24, 2.45) is 0 Å². The first-order chi connectivity index (χ1) is 14.3. The number of amides is 1. The summed E-state index contributed by atoms with van der Waals surface area (Å²) in [4.78, 5) is 15.4. The van der Waals surface area contributed by atoms with E-state index in [1.54, 1.807) is 0 Å². The van der Waals surface area contributed by atoms with Crippen LogP contribution in [0.5, 0.6) is 0 Å². The zero-order valence-electron chi connectivity index (χ0n) is 20.3. The summed E-state index contributed by atoms with van der Waals surface area (Å²) in [5.74, 6) is 4.00. The van der Waals surface area contributed by atoms with Crippen molar-refractivity contribution in [3.63, 3.8) is 0 Å². The van der Waals surface area contributed by atoms with Crippen LogP contribution in [0.15, 0.2) is 36.1 Å². The lowest BCUT2D eigenvalue weighted by atomic mass is 10.0. The summed E-state index contributed by atoms with van der Waals surface area (Å²) in [7, 11) is -3.37. The summed E-state index contributed by atoms with van der Waals surface area (Å²) < 4.78 is 12.9. The predicted octanol–water partition coefficient (Wildman–Crippen LogP) is 5.30. The molecule has 168 valence electrons. The van der Waals surface area contributed by atoms with Crippen molar-refractivity contribution >= 4 is 27.9 Å². The molecular weight excluding hydrogens is 418 g/mol. The van der Waals surface area contributed by atoms with Crippen LogP contribution >= 0.6 is 0 Å². The Kier molecular flexibility index (Phi) is 6.62. The van der Waals surface area contributed by atoms with Crippen molar-refractivity contribution in [2.45, 2.75) is 77.1 Å². The van der Waals surface area contributed by atoms with Gasteiger partial charge in [-0.25, -0.2) is 0 Å². The topological polar surface area (TPSA) is 38.8 Å². The molecule has 0 radical (unpaired) electrons. The van der Waals surface area contributed by atoms with Crippen LogP contribution in [0.2, 0.25) is 37.8 Å². The van der Waals surface area contributed by atoms with Crippen molar-refractivity contribution in [2.75, 3.05) is 13.2 Å². The molecule has 1 fully saturated rings. The summed E-state index contributed by atoms with van der Waals surface area (Å²) >= 11 is 0. The minimum absolute atomic E-state index is 0.0469. The molecular formula is C25H37NO3Si2. The van der Waals surface area contributed by atoms with Crippen LogP contribution < -0.4 is 0 Å². The van der Waals surface area contributed by atoms with Gasteiger partial charge >= 0.3 is 0 Å². The molecule has 6 heteroatoms. The van der Waals surface area contributed by atoms with E-state index in [4.69, 9.17) is 9.16 Å². The molecule has 2 heterocycles. The molecule has 2 aliphatic heterocycles. The Morgan fingerprint density at radius 2 is 1.74 bits per heavy atom. The molecule has 0 saturated carbocycles. The maximum absolute atomic E-state index is 13.4. The summed E-state index contributed by atoms with van der Waals surface area (Å²) in [6.45, 7) is 18.9. The molecule has 0 aliphatic carbocycles. The highest BCUT2D eigenvalue weighted by atomic mass is 28.4. The molecule has 0 aromatic heterocycles. The van der Waals surface area contributed by atoms with Crippen molar-refractivity contribution in [1.29, 1.82) is 0 Å². The lowest BCUT2D eigenvalue weighted by molar-refractivity contribution is -0.124. The molecule has 1 saturated heterocycles. The third kappa shape index (κ3) is 5.33. The monoisotopic (exact) mass is 455 g/mol. The molecule has 1 aromatic carbocycles. The Labute approximate surface area is 190 Å². The van der Waals surface area contributed by atoms with E-state index in [9.17, 15) is 4.79 Å². The number of carbonyl (C=O) groups excluding carboxylic acids is 1. The average molecular weight is 456 g/mol. The smallest absolute Gasteiger partial charge is 0.258 e. The second-order valence-electron chi connectivity index (χ2n) is 11.2. The largest absolute Gasteiger partial charge is 0.482 e. The molecule has 4 nitrogen and oxygen atoms in total. The van der Waals surface area contributed by atoms with Gasteiger partial charge in [-0.2, -0.15) is 0 Å². The molecule has 3 rings (SSSR count). The molecule has 0 bridgehead atoms. The fourth-order valence-corrected chi connectivity index (χ4v) is 5.78. The highest BCUT2D eigenvalue weighted by molar-refractivity contribution is 6.83. The van der Waals surface area contributed by atoms with E-state index in [1.807, 2.05) is 35.2 Å². The third-order valence-corrected chi connectivity index (χ3v) is 11.8. The number of rotatable bonds is 5. The van der Waals surface area contributed by atoms with Gasteiger partial charge in [-0.1, -0.05) is 76.7 Å². The lowest BCUT2D eigenvalue weighted by Crippen LogP contribution is -2.44. The van der Waals surface area contributed by atoms with Gasteiger partial charge in [-0.15, -0.1) is 5.54 Å². The first kappa shape index (κ1) is 23.8. The highest BCUT2D eigenvalue weighted by Gasteiger charge is 2.49. The van der Waals surface area contributed by atoms with Gasteiger partial charge < -0.3 is 14.1 Å². The number of nitrogens with zero attached hydrogens (tertiary/aromatic N) is 1. The first-order valence-corrected chi connectivity index (χ1v) is 17.6. The summed E-state index contributed by atoms with van der Waals surface area (Å²) in [5, 5.41) is 0.140. The molecule has 31 heavy (non-hydrogen) atoms. The minimum Gasteiger partial charge on any atom is -0.482 e. The van der Waals surface area contributed by atoms with E-state index in [0.29, 0.717) is 18.7 Å². The Balaban J connectivity index is 1.86. The number of ether oxygens (including phenoxy) is 1. The van der Waals surface area contributed by atoms with Gasteiger partial charge in [0.1, 0.15) is 20.4 Å². The Bertz CT molecular complexity index is 914. The third-order valence-electron chi connectivity index (χ3n) is 6.38. The van der Waals surface area contributed by atoms with Crippen molar-refractivity contribution in [1.82, 2.24) is 4.90 Å². The van der Waals surface area contributed by atoms with Crippen LogP contribution in [0, 0.1) is 11.5 Å². The second kappa shape index (κ2) is 8.61. The highest BCUT2D eigenvalue weighted by Crippen LogP contribution is 2.43. The molecule has 0 spiro atoms. The maximum atomic E-state index is 13.4. The minimum atomic E-state index is -1.91. The molecule has 2 atom stereocenters. The van der Waals surface area contributed by atoms with Gasteiger partial charge in [-0.05, 0) is 23.7 Å². The second-order valence-corrected chi connectivity index (χ2v) is 20.7. The van der Waals surface area contributed by atoms with E-state index >= 15 is 0 Å². The van der Waals surface area contributed by atoms with E-state index in [2.05, 4.69) is 65.0 Å². The maximum Gasteiger partial charge on any atom is 0.258 e. The molecule has 2 aliphatic rings. The van der Waals surface area contributed by atoms with Crippen molar-refractivity contribution in [3.8, 4) is 11.5 Å². The SMILES string of the molecule is CC(C)(C)[Si](C)(C)OC1CC2C(OCC#C[Si](C)(C)C)=C(c3ccccc3)C(=O)N2C1. The van der Waals surface area contributed by atoms with Crippen molar-refractivity contribution in [3.05, 3.63) is 41.7 Å². The number of fused-ring (bicyclic) bond motifs is 1. The fourth-order valence-electron chi connectivity index (χ4n) is 3.82. The van der Waals surface area contributed by atoms with Crippen LogP contribution in [-0.4, -0.2) is 52.5 Å². The van der Waals surface area contributed by atoms with Crippen LogP contribution in [0.4, 0.5) is 0 Å². The molecule has 2 unspecified atom stereocenters. The summed E-state index contributed by atoms with van der Waals surface area (Å²) in [5.41, 5.74) is 4.95. The van der Waals surface area contributed by atoms with Gasteiger partial charge in [0.05, 0.1) is 17.7 Å². The van der Waals surface area contributed by atoms with Gasteiger partial charge in [-0.3, -0.25) is 4.79 Å². The summed E-state index contributed by atoms with van der Waals surface area (Å²) in [6.07, 6.45) is 0.838. The average Bonchev–Trinajstić information content (AvgIpc) is 3.15. The van der Waals surface area contributed by atoms with Crippen LogP contribution in [0.25, 0.3) is 5.57 Å². The van der Waals surface area contributed by atoms with Crippen LogP contribution in [0.1, 0.15) is 32.8 Å². The Morgan fingerprint density at radius 3 is 2.32 bits per heavy atom.